The van der Waals surface area contributed by atoms with E-state index in [9.17, 15) is 18.0 Å². The summed E-state index contributed by atoms with van der Waals surface area (Å²) in [5.41, 5.74) is -0.321. The number of aryl methyl sites for hydroxylation is 1. The molecule has 0 radical (unpaired) electrons. The predicted octanol–water partition coefficient (Wildman–Crippen LogP) is 3.97. The fourth-order valence-electron chi connectivity index (χ4n) is 1.40. The summed E-state index contributed by atoms with van der Waals surface area (Å²) in [6.45, 7) is 1.67. The van der Waals surface area contributed by atoms with Gasteiger partial charge in [-0.15, -0.1) is 0 Å². The van der Waals surface area contributed by atoms with Gasteiger partial charge in [0.15, 0.2) is 0 Å². The molecule has 3 nitrogen and oxygen atoms in total. The standard InChI is InChI=1S/C12H8F3NO2S/c1-7-6-18-11(16-7)19-10-3-2-8(5-17)4-9(10)12(13,14)15/h2-6H,1H3. The summed E-state index contributed by atoms with van der Waals surface area (Å²) in [6, 6.07) is 3.36. The van der Waals surface area contributed by atoms with E-state index in [1.54, 1.807) is 6.92 Å². The quantitative estimate of drug-likeness (QED) is 0.801. The topological polar surface area (TPSA) is 43.1 Å². The van der Waals surface area contributed by atoms with Crippen LogP contribution in [0.5, 0.6) is 0 Å². The fourth-order valence-corrected chi connectivity index (χ4v) is 2.30. The van der Waals surface area contributed by atoms with Crippen LogP contribution in [0.1, 0.15) is 21.6 Å². The summed E-state index contributed by atoms with van der Waals surface area (Å²) >= 11 is 0.767. The van der Waals surface area contributed by atoms with Crippen LogP contribution in [0.3, 0.4) is 0 Å². The van der Waals surface area contributed by atoms with E-state index in [4.69, 9.17) is 4.42 Å². The number of alkyl halides is 3. The minimum Gasteiger partial charge on any atom is -0.439 e. The number of benzene rings is 1. The molecule has 0 N–H and O–H groups in total. The molecule has 0 aliphatic heterocycles. The van der Waals surface area contributed by atoms with Gasteiger partial charge in [0, 0.05) is 10.5 Å². The third-order valence-corrected chi connectivity index (χ3v) is 3.18. The van der Waals surface area contributed by atoms with Gasteiger partial charge in [-0.25, -0.2) is 4.98 Å². The number of carbonyl (C=O) groups is 1. The van der Waals surface area contributed by atoms with Crippen molar-refractivity contribution in [1.82, 2.24) is 4.98 Å². The molecule has 1 aromatic carbocycles. The lowest BCUT2D eigenvalue weighted by atomic mass is 10.1. The first-order valence-electron chi connectivity index (χ1n) is 5.16. The van der Waals surface area contributed by atoms with Crippen molar-refractivity contribution in [3.05, 3.63) is 41.3 Å². The van der Waals surface area contributed by atoms with Crippen LogP contribution in [0.2, 0.25) is 0 Å². The molecular weight excluding hydrogens is 279 g/mol. The Morgan fingerprint density at radius 1 is 1.37 bits per heavy atom. The average molecular weight is 287 g/mol. The zero-order valence-electron chi connectivity index (χ0n) is 9.69. The van der Waals surface area contributed by atoms with E-state index in [-0.39, 0.29) is 15.7 Å². The molecule has 2 aromatic rings. The highest BCUT2D eigenvalue weighted by Crippen LogP contribution is 2.39. The van der Waals surface area contributed by atoms with Crippen LogP contribution < -0.4 is 0 Å². The van der Waals surface area contributed by atoms with E-state index in [0.29, 0.717) is 12.0 Å². The smallest absolute Gasteiger partial charge is 0.417 e. The number of rotatable bonds is 3. The minimum absolute atomic E-state index is 0.0275. The molecule has 0 aliphatic carbocycles. The van der Waals surface area contributed by atoms with Crippen molar-refractivity contribution in [3.8, 4) is 0 Å². The van der Waals surface area contributed by atoms with Crippen molar-refractivity contribution in [2.24, 2.45) is 0 Å². The van der Waals surface area contributed by atoms with Crippen molar-refractivity contribution >= 4 is 18.0 Å². The summed E-state index contributed by atoms with van der Waals surface area (Å²) in [4.78, 5) is 14.4. The number of nitrogens with zero attached hydrogens (tertiary/aromatic N) is 1. The lowest BCUT2D eigenvalue weighted by Gasteiger charge is -2.11. The molecule has 0 amide bonds. The van der Waals surface area contributed by atoms with E-state index in [2.05, 4.69) is 4.98 Å². The van der Waals surface area contributed by atoms with Crippen LogP contribution in [0.4, 0.5) is 13.2 Å². The van der Waals surface area contributed by atoms with Crippen LogP contribution in [0.25, 0.3) is 0 Å². The summed E-state index contributed by atoms with van der Waals surface area (Å²) in [6.07, 6.45) is -2.81. The second kappa shape index (κ2) is 5.08. The fraction of sp³-hybridized carbons (Fsp3) is 0.167. The Hall–Kier alpha value is -1.76. The number of oxazole rings is 1. The number of carbonyl (C=O) groups excluding carboxylic acids is 1. The first-order valence-corrected chi connectivity index (χ1v) is 5.98. The molecule has 0 aliphatic rings. The molecule has 19 heavy (non-hydrogen) atoms. The molecule has 7 heteroatoms. The van der Waals surface area contributed by atoms with Crippen molar-refractivity contribution in [2.75, 3.05) is 0 Å². The highest BCUT2D eigenvalue weighted by Gasteiger charge is 2.34. The van der Waals surface area contributed by atoms with Crippen molar-refractivity contribution in [2.45, 2.75) is 23.2 Å². The third kappa shape index (κ3) is 3.17. The van der Waals surface area contributed by atoms with Gasteiger partial charge in [0.25, 0.3) is 5.22 Å². The molecule has 0 fully saturated rings. The van der Waals surface area contributed by atoms with Crippen molar-refractivity contribution < 1.29 is 22.4 Å². The Labute approximate surface area is 110 Å². The Morgan fingerprint density at radius 3 is 2.63 bits per heavy atom. The van der Waals surface area contributed by atoms with E-state index in [1.165, 1.54) is 18.4 Å². The molecule has 0 saturated carbocycles. The summed E-state index contributed by atoms with van der Waals surface area (Å²) < 4.78 is 43.7. The lowest BCUT2D eigenvalue weighted by Crippen LogP contribution is -2.07. The molecule has 0 atom stereocenters. The number of aldehydes is 1. The Bertz CT molecular complexity index is 607. The van der Waals surface area contributed by atoms with Crippen LogP contribution in [-0.4, -0.2) is 11.3 Å². The second-order valence-electron chi connectivity index (χ2n) is 3.73. The molecule has 0 saturated heterocycles. The Balaban J connectivity index is 2.41. The molecular formula is C12H8F3NO2S. The highest BCUT2D eigenvalue weighted by molar-refractivity contribution is 7.99. The van der Waals surface area contributed by atoms with Gasteiger partial charge >= 0.3 is 6.18 Å². The largest absolute Gasteiger partial charge is 0.439 e. The first kappa shape index (κ1) is 13.7. The van der Waals surface area contributed by atoms with Crippen molar-refractivity contribution in [1.29, 1.82) is 0 Å². The number of aromatic nitrogens is 1. The van der Waals surface area contributed by atoms with Gasteiger partial charge in [0.05, 0.1) is 11.3 Å². The summed E-state index contributed by atoms with van der Waals surface area (Å²) in [5, 5.41) is 0.127. The molecule has 100 valence electrons. The monoisotopic (exact) mass is 287 g/mol. The van der Waals surface area contributed by atoms with E-state index in [0.717, 1.165) is 17.8 Å². The highest BCUT2D eigenvalue weighted by atomic mass is 32.2. The first-order chi connectivity index (χ1) is 8.90. The Kier molecular flexibility index (Phi) is 3.66. The van der Waals surface area contributed by atoms with Gasteiger partial charge in [0.2, 0.25) is 0 Å². The molecule has 0 unspecified atom stereocenters. The average Bonchev–Trinajstić information content (AvgIpc) is 2.74. The van der Waals surface area contributed by atoms with Crippen LogP contribution in [0.15, 0.2) is 39.0 Å². The number of hydrogen-bond donors (Lipinski definition) is 0. The summed E-state index contributed by atoms with van der Waals surface area (Å²) in [5.74, 6) is 0. The van der Waals surface area contributed by atoms with Gasteiger partial charge in [-0.1, -0.05) is 6.07 Å². The Morgan fingerprint density at radius 2 is 2.11 bits per heavy atom. The second-order valence-corrected chi connectivity index (χ2v) is 4.72. The molecule has 1 aromatic heterocycles. The molecule has 0 spiro atoms. The van der Waals surface area contributed by atoms with Gasteiger partial charge in [-0.3, -0.25) is 4.79 Å². The third-order valence-electron chi connectivity index (χ3n) is 2.24. The number of hydrogen-bond acceptors (Lipinski definition) is 4. The zero-order chi connectivity index (χ0) is 14.0. The SMILES string of the molecule is Cc1coc(Sc2ccc(C=O)cc2C(F)(F)F)n1. The maximum absolute atomic E-state index is 12.9. The zero-order valence-corrected chi connectivity index (χ0v) is 10.5. The van der Waals surface area contributed by atoms with Gasteiger partial charge in [-0.05, 0) is 30.8 Å². The van der Waals surface area contributed by atoms with Gasteiger partial charge in [0.1, 0.15) is 12.5 Å². The predicted molar refractivity (Wildman–Crippen MR) is 62.2 cm³/mol. The normalized spacial score (nSPS) is 11.6. The van der Waals surface area contributed by atoms with Crippen LogP contribution in [0, 0.1) is 6.92 Å². The maximum Gasteiger partial charge on any atom is 0.417 e. The van der Waals surface area contributed by atoms with Crippen molar-refractivity contribution in [3.63, 3.8) is 0 Å². The molecule has 1 heterocycles. The molecule has 0 bridgehead atoms. The minimum atomic E-state index is -4.54. The summed E-state index contributed by atoms with van der Waals surface area (Å²) in [7, 11) is 0. The van der Waals surface area contributed by atoms with Gasteiger partial charge < -0.3 is 4.42 Å². The van der Waals surface area contributed by atoms with Crippen LogP contribution in [-0.2, 0) is 6.18 Å². The van der Waals surface area contributed by atoms with E-state index >= 15 is 0 Å². The molecule has 2 rings (SSSR count). The lowest BCUT2D eigenvalue weighted by molar-refractivity contribution is -0.139. The number of halogens is 3. The van der Waals surface area contributed by atoms with Crippen LogP contribution >= 0.6 is 11.8 Å². The maximum atomic E-state index is 12.9. The van der Waals surface area contributed by atoms with E-state index in [1.807, 2.05) is 0 Å². The van der Waals surface area contributed by atoms with E-state index < -0.39 is 11.7 Å². The van der Waals surface area contributed by atoms with Gasteiger partial charge in [-0.2, -0.15) is 13.2 Å².